The van der Waals surface area contributed by atoms with Crippen molar-refractivity contribution in [3.05, 3.63) is 59.6 Å². The second-order valence-corrected chi connectivity index (χ2v) is 6.69. The van der Waals surface area contributed by atoms with Crippen LogP contribution in [-0.4, -0.2) is 56.7 Å². The van der Waals surface area contributed by atoms with Gasteiger partial charge >= 0.3 is 0 Å². The molecule has 0 radical (unpaired) electrons. The van der Waals surface area contributed by atoms with Crippen molar-refractivity contribution in [2.24, 2.45) is 0 Å². The van der Waals surface area contributed by atoms with Crippen molar-refractivity contribution >= 4 is 23.2 Å². The number of hydrogen-bond donors (Lipinski definition) is 1. The predicted octanol–water partition coefficient (Wildman–Crippen LogP) is 2.66. The van der Waals surface area contributed by atoms with Crippen LogP contribution in [0.5, 0.6) is 5.75 Å². The maximum absolute atomic E-state index is 11.8. The Bertz CT molecular complexity index is 686. The lowest BCUT2D eigenvalue weighted by Crippen LogP contribution is -2.48. The minimum Gasteiger partial charge on any atom is -0.484 e. The number of anilines is 1. The third-order valence-electron chi connectivity index (χ3n) is 4.43. The number of ether oxygens (including phenoxy) is 1. The number of para-hydroxylation sites is 1. The molecule has 3 rings (SSSR count). The summed E-state index contributed by atoms with van der Waals surface area (Å²) >= 11 is 5.94. The van der Waals surface area contributed by atoms with E-state index in [1.807, 2.05) is 42.5 Å². The second kappa shape index (κ2) is 9.46. The van der Waals surface area contributed by atoms with Crippen LogP contribution in [0.15, 0.2) is 54.6 Å². The summed E-state index contributed by atoms with van der Waals surface area (Å²) in [4.78, 5) is 16.6. The second-order valence-electron chi connectivity index (χ2n) is 6.26. The van der Waals surface area contributed by atoms with Crippen LogP contribution in [0.25, 0.3) is 0 Å². The van der Waals surface area contributed by atoms with Gasteiger partial charge in [0.2, 0.25) is 0 Å². The largest absolute Gasteiger partial charge is 0.484 e. The average molecular weight is 374 g/mol. The topological polar surface area (TPSA) is 44.8 Å². The van der Waals surface area contributed by atoms with Gasteiger partial charge in [-0.2, -0.15) is 0 Å². The minimum atomic E-state index is -0.0892. The van der Waals surface area contributed by atoms with Crippen molar-refractivity contribution < 1.29 is 9.53 Å². The molecule has 0 bridgehead atoms. The lowest BCUT2D eigenvalue weighted by atomic mass is 10.2. The van der Waals surface area contributed by atoms with Crippen LogP contribution in [0.1, 0.15) is 0 Å². The maximum Gasteiger partial charge on any atom is 0.257 e. The summed E-state index contributed by atoms with van der Waals surface area (Å²) in [7, 11) is 0. The molecule has 1 saturated heterocycles. The summed E-state index contributed by atoms with van der Waals surface area (Å²) < 4.78 is 5.44. The summed E-state index contributed by atoms with van der Waals surface area (Å²) in [6, 6.07) is 17.3. The average Bonchev–Trinajstić information content (AvgIpc) is 2.68. The molecule has 26 heavy (non-hydrogen) atoms. The fourth-order valence-electron chi connectivity index (χ4n) is 2.95. The monoisotopic (exact) mass is 373 g/mol. The molecule has 0 atom stereocenters. The number of benzene rings is 2. The van der Waals surface area contributed by atoms with Crippen LogP contribution < -0.4 is 15.0 Å². The van der Waals surface area contributed by atoms with E-state index in [2.05, 4.69) is 27.2 Å². The van der Waals surface area contributed by atoms with E-state index in [4.69, 9.17) is 16.3 Å². The number of halogens is 1. The first-order valence-electron chi connectivity index (χ1n) is 8.88. The highest BCUT2D eigenvalue weighted by Crippen LogP contribution is 2.19. The molecule has 1 N–H and O–H groups in total. The fourth-order valence-corrected chi connectivity index (χ4v) is 3.08. The molecule has 1 heterocycles. The summed E-state index contributed by atoms with van der Waals surface area (Å²) in [5, 5.41) is 3.68. The van der Waals surface area contributed by atoms with Crippen molar-refractivity contribution in [2.45, 2.75) is 0 Å². The van der Waals surface area contributed by atoms with Crippen molar-refractivity contribution in [2.75, 3.05) is 50.8 Å². The normalized spacial score (nSPS) is 14.9. The zero-order valence-electron chi connectivity index (χ0n) is 14.7. The highest BCUT2D eigenvalue weighted by atomic mass is 35.5. The van der Waals surface area contributed by atoms with Crippen LogP contribution in [0.3, 0.4) is 0 Å². The lowest BCUT2D eigenvalue weighted by Gasteiger charge is -2.36. The first-order valence-corrected chi connectivity index (χ1v) is 9.26. The molecule has 138 valence electrons. The van der Waals surface area contributed by atoms with Gasteiger partial charge in [0.1, 0.15) is 5.75 Å². The SMILES string of the molecule is O=C(COc1ccccc1)NCCN1CCN(c2ccc(Cl)cc2)CC1. The van der Waals surface area contributed by atoms with Crippen LogP contribution >= 0.6 is 11.6 Å². The van der Waals surface area contributed by atoms with E-state index in [0.29, 0.717) is 12.3 Å². The zero-order chi connectivity index (χ0) is 18.2. The van der Waals surface area contributed by atoms with Gasteiger partial charge in [-0.3, -0.25) is 9.69 Å². The van der Waals surface area contributed by atoms with Crippen LogP contribution in [0.4, 0.5) is 5.69 Å². The number of piperazine rings is 1. The number of nitrogens with one attached hydrogen (secondary N) is 1. The first-order chi connectivity index (χ1) is 12.7. The van der Waals surface area contributed by atoms with Gasteiger partial charge in [0.05, 0.1) is 0 Å². The molecule has 0 unspecified atom stereocenters. The van der Waals surface area contributed by atoms with E-state index in [1.165, 1.54) is 5.69 Å². The van der Waals surface area contributed by atoms with Gasteiger partial charge in [-0.05, 0) is 36.4 Å². The van der Waals surface area contributed by atoms with Crippen molar-refractivity contribution in [1.29, 1.82) is 0 Å². The standard InChI is InChI=1S/C20H24ClN3O2/c21-17-6-8-18(9-7-17)24-14-12-23(13-15-24)11-10-22-20(25)16-26-19-4-2-1-3-5-19/h1-9H,10-16H2,(H,22,25). The van der Waals surface area contributed by atoms with Gasteiger partial charge in [-0.25, -0.2) is 0 Å². The Morgan fingerprint density at radius 3 is 2.38 bits per heavy atom. The molecular formula is C20H24ClN3O2. The molecule has 0 aliphatic carbocycles. The molecule has 1 aliphatic rings. The Labute approximate surface area is 159 Å². The van der Waals surface area contributed by atoms with Crippen molar-refractivity contribution in [1.82, 2.24) is 10.2 Å². The molecule has 6 heteroatoms. The zero-order valence-corrected chi connectivity index (χ0v) is 15.5. The van der Waals surface area contributed by atoms with Gasteiger partial charge in [0.15, 0.2) is 6.61 Å². The Morgan fingerprint density at radius 1 is 1.00 bits per heavy atom. The predicted molar refractivity (Wildman–Crippen MR) is 105 cm³/mol. The van der Waals surface area contributed by atoms with E-state index >= 15 is 0 Å². The Hall–Kier alpha value is -2.24. The van der Waals surface area contributed by atoms with Crippen LogP contribution in [0.2, 0.25) is 5.02 Å². The third-order valence-corrected chi connectivity index (χ3v) is 4.68. The molecule has 2 aromatic carbocycles. The van der Waals surface area contributed by atoms with Crippen LogP contribution in [-0.2, 0) is 4.79 Å². The molecule has 0 aromatic heterocycles. The summed E-state index contributed by atoms with van der Waals surface area (Å²) in [5.41, 5.74) is 1.21. The highest BCUT2D eigenvalue weighted by molar-refractivity contribution is 6.30. The number of amides is 1. The molecule has 1 aliphatic heterocycles. The molecule has 2 aromatic rings. The summed E-state index contributed by atoms with van der Waals surface area (Å²) in [5.74, 6) is 0.620. The first kappa shape index (κ1) is 18.5. The maximum atomic E-state index is 11.8. The highest BCUT2D eigenvalue weighted by Gasteiger charge is 2.17. The quantitative estimate of drug-likeness (QED) is 0.810. The van der Waals surface area contributed by atoms with E-state index < -0.39 is 0 Å². The number of carbonyl (C=O) groups excluding carboxylic acids is 1. The molecular weight excluding hydrogens is 350 g/mol. The molecule has 1 fully saturated rings. The fraction of sp³-hybridized carbons (Fsp3) is 0.350. The van der Waals surface area contributed by atoms with Gasteiger partial charge in [-0.1, -0.05) is 29.8 Å². The van der Waals surface area contributed by atoms with E-state index in [-0.39, 0.29) is 12.5 Å². The molecule has 0 spiro atoms. The number of hydrogen-bond acceptors (Lipinski definition) is 4. The number of rotatable bonds is 7. The summed E-state index contributed by atoms with van der Waals surface area (Å²) in [6.45, 7) is 5.47. The molecule has 5 nitrogen and oxygen atoms in total. The Balaban J connectivity index is 1.31. The Kier molecular flexibility index (Phi) is 6.75. The van der Waals surface area contributed by atoms with E-state index in [9.17, 15) is 4.79 Å². The van der Waals surface area contributed by atoms with Gasteiger partial charge < -0.3 is 15.0 Å². The van der Waals surface area contributed by atoms with Crippen molar-refractivity contribution in [3.8, 4) is 5.75 Å². The lowest BCUT2D eigenvalue weighted by molar-refractivity contribution is -0.123. The van der Waals surface area contributed by atoms with Gasteiger partial charge in [-0.15, -0.1) is 0 Å². The van der Waals surface area contributed by atoms with E-state index in [0.717, 1.165) is 37.7 Å². The van der Waals surface area contributed by atoms with Gasteiger partial charge in [0, 0.05) is 50.0 Å². The smallest absolute Gasteiger partial charge is 0.257 e. The van der Waals surface area contributed by atoms with Crippen molar-refractivity contribution in [3.63, 3.8) is 0 Å². The third kappa shape index (κ3) is 5.64. The van der Waals surface area contributed by atoms with E-state index in [1.54, 1.807) is 0 Å². The molecule has 1 amide bonds. The molecule has 0 saturated carbocycles. The number of nitrogens with zero attached hydrogens (tertiary/aromatic N) is 2. The minimum absolute atomic E-state index is 0.0500. The Morgan fingerprint density at radius 2 is 1.69 bits per heavy atom. The van der Waals surface area contributed by atoms with Gasteiger partial charge in [0.25, 0.3) is 5.91 Å². The summed E-state index contributed by atoms with van der Waals surface area (Å²) in [6.07, 6.45) is 0. The van der Waals surface area contributed by atoms with Crippen LogP contribution in [0, 0.1) is 0 Å². The number of carbonyl (C=O) groups is 1.